The molecule has 0 spiro atoms. The number of hydrogen-bond acceptors (Lipinski definition) is 2. The van der Waals surface area contributed by atoms with Gasteiger partial charge >= 0.3 is 0 Å². The first kappa shape index (κ1) is 18.6. The van der Waals surface area contributed by atoms with Crippen molar-refractivity contribution in [3.8, 4) is 11.5 Å². The Morgan fingerprint density at radius 1 is 0.952 bits per heavy atom. The lowest BCUT2D eigenvalue weighted by Crippen LogP contribution is -2.50. The third-order valence-corrected chi connectivity index (χ3v) is 11.0. The molecule has 0 saturated carbocycles. The van der Waals surface area contributed by atoms with Crippen LogP contribution in [0.15, 0.2) is 16.6 Å². The van der Waals surface area contributed by atoms with E-state index < -0.39 is 8.32 Å². The van der Waals surface area contributed by atoms with Gasteiger partial charge in [0.05, 0.1) is 11.6 Å². The summed E-state index contributed by atoms with van der Waals surface area (Å²) in [5.41, 5.74) is 2.80. The van der Waals surface area contributed by atoms with Crippen molar-refractivity contribution in [2.45, 2.75) is 65.1 Å². The second-order valence-electron chi connectivity index (χ2n) is 6.67. The van der Waals surface area contributed by atoms with Crippen molar-refractivity contribution in [1.29, 1.82) is 0 Å². The van der Waals surface area contributed by atoms with E-state index in [9.17, 15) is 0 Å². The number of rotatable bonds is 6. The molecule has 0 unspecified atom stereocenters. The maximum atomic E-state index is 6.70. The standard InChI is InChI=1S/C17H29BrO2Si/c1-11(2)21(12(3)4,13(5)6)20-15-9-14(7)17(19-8)16(18)10-15/h9-13H,1-8H3. The molecule has 0 aliphatic heterocycles. The molecule has 0 fully saturated rings. The molecule has 1 aromatic rings. The van der Waals surface area contributed by atoms with Crippen LogP contribution < -0.4 is 9.16 Å². The van der Waals surface area contributed by atoms with E-state index >= 15 is 0 Å². The van der Waals surface area contributed by atoms with Crippen LogP contribution in [0.2, 0.25) is 16.6 Å². The number of aryl methyl sites for hydroxylation is 1. The van der Waals surface area contributed by atoms with E-state index in [1.54, 1.807) is 7.11 Å². The predicted molar refractivity (Wildman–Crippen MR) is 97.1 cm³/mol. The first-order valence-electron chi connectivity index (χ1n) is 7.69. The summed E-state index contributed by atoms with van der Waals surface area (Å²) in [4.78, 5) is 0. The number of methoxy groups -OCH3 is 1. The third-order valence-electron chi connectivity index (χ3n) is 4.41. The Morgan fingerprint density at radius 2 is 1.43 bits per heavy atom. The van der Waals surface area contributed by atoms with Gasteiger partial charge in [-0.25, -0.2) is 0 Å². The summed E-state index contributed by atoms with van der Waals surface area (Å²) in [5.74, 6) is 1.84. The third kappa shape index (κ3) is 3.65. The smallest absolute Gasteiger partial charge is 0.258 e. The quantitative estimate of drug-likeness (QED) is 0.543. The Morgan fingerprint density at radius 3 is 1.76 bits per heavy atom. The van der Waals surface area contributed by atoms with Crippen LogP contribution in [-0.4, -0.2) is 15.4 Å². The topological polar surface area (TPSA) is 18.5 Å². The van der Waals surface area contributed by atoms with Crippen LogP contribution in [0.4, 0.5) is 0 Å². The van der Waals surface area contributed by atoms with Crippen molar-refractivity contribution in [2.75, 3.05) is 7.11 Å². The largest absolute Gasteiger partial charge is 0.543 e. The highest BCUT2D eigenvalue weighted by Crippen LogP contribution is 2.44. The van der Waals surface area contributed by atoms with E-state index in [1.165, 1.54) is 0 Å². The molecule has 21 heavy (non-hydrogen) atoms. The lowest BCUT2D eigenvalue weighted by atomic mass is 10.2. The Labute approximate surface area is 139 Å². The Kier molecular flexibility index (Phi) is 6.35. The minimum absolute atomic E-state index is 0.568. The highest BCUT2D eigenvalue weighted by atomic mass is 79.9. The van der Waals surface area contributed by atoms with Gasteiger partial charge in [0, 0.05) is 0 Å². The lowest BCUT2D eigenvalue weighted by Gasteiger charge is -2.42. The predicted octanol–water partition coefficient (Wildman–Crippen LogP) is 6.32. The Balaban J connectivity index is 3.28. The SMILES string of the molecule is COc1c(C)cc(O[Si](C(C)C)(C(C)C)C(C)C)cc1Br. The maximum Gasteiger partial charge on any atom is 0.258 e. The zero-order valence-electron chi connectivity index (χ0n) is 14.6. The molecule has 2 nitrogen and oxygen atoms in total. The van der Waals surface area contributed by atoms with Gasteiger partial charge in [-0.3, -0.25) is 0 Å². The van der Waals surface area contributed by atoms with Crippen LogP contribution in [0.3, 0.4) is 0 Å². The number of ether oxygens (including phenoxy) is 1. The maximum absolute atomic E-state index is 6.70. The molecule has 0 saturated heterocycles. The average molecular weight is 373 g/mol. The number of benzene rings is 1. The monoisotopic (exact) mass is 372 g/mol. The molecule has 0 amide bonds. The molecule has 1 rings (SSSR count). The molecule has 0 aromatic heterocycles. The molecule has 0 N–H and O–H groups in total. The van der Waals surface area contributed by atoms with E-state index in [0.29, 0.717) is 16.6 Å². The highest BCUT2D eigenvalue weighted by molar-refractivity contribution is 9.10. The molecule has 0 aliphatic rings. The van der Waals surface area contributed by atoms with E-state index in [1.807, 2.05) is 6.07 Å². The summed E-state index contributed by atoms with van der Waals surface area (Å²) >= 11 is 3.59. The van der Waals surface area contributed by atoms with Crippen LogP contribution in [0.5, 0.6) is 11.5 Å². The van der Waals surface area contributed by atoms with Crippen LogP contribution in [0.25, 0.3) is 0 Å². The van der Waals surface area contributed by atoms with Crippen LogP contribution in [0.1, 0.15) is 47.1 Å². The van der Waals surface area contributed by atoms with Crippen molar-refractivity contribution in [3.05, 3.63) is 22.2 Å². The molecule has 120 valence electrons. The van der Waals surface area contributed by atoms with Gasteiger partial charge in [0.2, 0.25) is 0 Å². The molecule has 0 radical (unpaired) electrons. The van der Waals surface area contributed by atoms with Gasteiger partial charge in [-0.1, -0.05) is 41.5 Å². The summed E-state index contributed by atoms with van der Waals surface area (Å²) in [6.07, 6.45) is 0. The normalized spacial score (nSPS) is 12.4. The summed E-state index contributed by atoms with van der Waals surface area (Å²) in [7, 11) is -0.206. The Bertz CT molecular complexity index is 439. The molecular formula is C17H29BrO2Si. The van der Waals surface area contributed by atoms with Gasteiger partial charge in [-0.05, 0) is 57.2 Å². The molecule has 0 atom stereocenters. The fourth-order valence-corrected chi connectivity index (χ4v) is 9.51. The van der Waals surface area contributed by atoms with Crippen molar-refractivity contribution in [2.24, 2.45) is 0 Å². The molecule has 0 aliphatic carbocycles. The fraction of sp³-hybridized carbons (Fsp3) is 0.647. The van der Waals surface area contributed by atoms with Crippen molar-refractivity contribution >= 4 is 24.2 Å². The lowest BCUT2D eigenvalue weighted by molar-refractivity contribution is 0.407. The van der Waals surface area contributed by atoms with Crippen LogP contribution in [-0.2, 0) is 0 Å². The second kappa shape index (κ2) is 7.19. The molecule has 4 heteroatoms. The van der Waals surface area contributed by atoms with Gasteiger partial charge in [-0.15, -0.1) is 0 Å². The van der Waals surface area contributed by atoms with E-state index in [4.69, 9.17) is 9.16 Å². The summed E-state index contributed by atoms with van der Waals surface area (Å²) in [6, 6.07) is 4.14. The van der Waals surface area contributed by atoms with Gasteiger partial charge in [0.15, 0.2) is 0 Å². The first-order valence-corrected chi connectivity index (χ1v) is 10.6. The van der Waals surface area contributed by atoms with Gasteiger partial charge in [0.1, 0.15) is 11.5 Å². The van der Waals surface area contributed by atoms with Crippen LogP contribution >= 0.6 is 15.9 Å². The summed E-state index contributed by atoms with van der Waals surface area (Å²) < 4.78 is 13.1. The van der Waals surface area contributed by atoms with Crippen LogP contribution in [0, 0.1) is 6.92 Å². The number of hydrogen-bond donors (Lipinski definition) is 0. The van der Waals surface area contributed by atoms with Crippen molar-refractivity contribution in [3.63, 3.8) is 0 Å². The first-order chi connectivity index (χ1) is 9.66. The summed E-state index contributed by atoms with van der Waals surface area (Å²) in [6.45, 7) is 15.9. The minimum atomic E-state index is -1.90. The van der Waals surface area contributed by atoms with Gasteiger partial charge in [-0.2, -0.15) is 0 Å². The zero-order valence-corrected chi connectivity index (χ0v) is 17.2. The van der Waals surface area contributed by atoms with Crippen molar-refractivity contribution in [1.82, 2.24) is 0 Å². The molecule has 1 aromatic carbocycles. The fourth-order valence-electron chi connectivity index (χ4n) is 3.57. The highest BCUT2D eigenvalue weighted by Gasteiger charge is 2.47. The molecule has 0 bridgehead atoms. The second-order valence-corrected chi connectivity index (χ2v) is 12.9. The van der Waals surface area contributed by atoms with E-state index in [-0.39, 0.29) is 0 Å². The Hall–Kier alpha value is -0.483. The summed E-state index contributed by atoms with van der Waals surface area (Å²) in [5, 5.41) is 0. The average Bonchev–Trinajstić information content (AvgIpc) is 2.34. The molecular weight excluding hydrogens is 344 g/mol. The molecule has 0 heterocycles. The van der Waals surface area contributed by atoms with Gasteiger partial charge in [0.25, 0.3) is 8.32 Å². The number of halogens is 1. The van der Waals surface area contributed by atoms with Gasteiger partial charge < -0.3 is 9.16 Å². The van der Waals surface area contributed by atoms with E-state index in [2.05, 4.69) is 70.5 Å². The minimum Gasteiger partial charge on any atom is -0.543 e. The zero-order chi connectivity index (χ0) is 16.4. The van der Waals surface area contributed by atoms with Crippen molar-refractivity contribution < 1.29 is 9.16 Å². The van der Waals surface area contributed by atoms with E-state index in [0.717, 1.165) is 21.5 Å².